The van der Waals surface area contributed by atoms with Crippen LogP contribution in [0.4, 0.5) is 10.8 Å². The van der Waals surface area contributed by atoms with Crippen LogP contribution in [0.15, 0.2) is 47.4 Å². The highest BCUT2D eigenvalue weighted by Crippen LogP contribution is 2.31. The van der Waals surface area contributed by atoms with Crippen LogP contribution in [0.2, 0.25) is 0 Å². The Hall–Kier alpha value is -2.49. The number of amides is 1. The molecule has 164 valence electrons. The maximum Gasteiger partial charge on any atom is 0.255 e. The lowest BCUT2D eigenvalue weighted by Crippen LogP contribution is -2.44. The molecular weight excluding hydrogens is 432 g/mol. The molecule has 3 aromatic rings. The molecule has 1 fully saturated rings. The highest BCUT2D eigenvalue weighted by molar-refractivity contribution is 7.92. The average molecular weight is 459 g/mol. The molecule has 4 rings (SSSR count). The molecule has 1 saturated heterocycles. The topological polar surface area (TPSA) is 82.6 Å². The van der Waals surface area contributed by atoms with Gasteiger partial charge in [-0.1, -0.05) is 11.3 Å². The largest absolute Gasteiger partial charge is 0.345 e. The van der Waals surface area contributed by atoms with Crippen molar-refractivity contribution >= 4 is 48.1 Å². The van der Waals surface area contributed by atoms with Crippen molar-refractivity contribution in [2.45, 2.75) is 24.0 Å². The summed E-state index contributed by atoms with van der Waals surface area (Å²) in [6.45, 7) is 7.25. The van der Waals surface area contributed by atoms with Crippen molar-refractivity contribution in [1.82, 2.24) is 9.88 Å². The number of hydrogen-bond donors (Lipinski definition) is 1. The fourth-order valence-corrected chi connectivity index (χ4v) is 5.51. The van der Waals surface area contributed by atoms with Crippen LogP contribution < -0.4 is 10.2 Å². The van der Waals surface area contributed by atoms with Crippen molar-refractivity contribution in [2.24, 2.45) is 0 Å². The number of fused-ring (bicyclic) bond motifs is 1. The minimum absolute atomic E-state index is 0.224. The molecule has 1 aromatic heterocycles. The van der Waals surface area contributed by atoms with Crippen molar-refractivity contribution in [2.75, 3.05) is 43.4 Å². The van der Waals surface area contributed by atoms with Crippen molar-refractivity contribution < 1.29 is 13.2 Å². The second-order valence-corrected chi connectivity index (χ2v) is 11.6. The fraction of sp³-hybridized carbons (Fsp3) is 0.364. The van der Waals surface area contributed by atoms with Gasteiger partial charge in [-0.2, -0.15) is 0 Å². The predicted octanol–water partition coefficient (Wildman–Crippen LogP) is 3.48. The summed E-state index contributed by atoms with van der Waals surface area (Å²) in [5.41, 5.74) is 2.01. The molecule has 1 aliphatic rings. The smallest absolute Gasteiger partial charge is 0.255 e. The quantitative estimate of drug-likeness (QED) is 0.630. The van der Waals surface area contributed by atoms with Gasteiger partial charge in [0.05, 0.1) is 20.4 Å². The molecule has 2 aromatic carbocycles. The van der Waals surface area contributed by atoms with E-state index in [2.05, 4.69) is 22.2 Å². The summed E-state index contributed by atoms with van der Waals surface area (Å²) >= 11 is 1.63. The monoisotopic (exact) mass is 458 g/mol. The van der Waals surface area contributed by atoms with E-state index < -0.39 is 15.1 Å². The molecule has 7 nitrogen and oxygen atoms in total. The number of carbonyl (C=O) groups excluding carboxylic acids is 1. The molecule has 0 unspecified atom stereocenters. The average Bonchev–Trinajstić information content (AvgIpc) is 3.17. The third kappa shape index (κ3) is 4.58. The number of anilines is 2. The number of carbonyl (C=O) groups is 1. The molecular formula is C22H26N4O3S2. The summed E-state index contributed by atoms with van der Waals surface area (Å²) in [4.78, 5) is 22.2. The van der Waals surface area contributed by atoms with Gasteiger partial charge < -0.3 is 15.1 Å². The number of benzene rings is 2. The van der Waals surface area contributed by atoms with Gasteiger partial charge in [-0.05, 0) is 63.4 Å². The van der Waals surface area contributed by atoms with Crippen molar-refractivity contribution in [1.29, 1.82) is 0 Å². The molecule has 0 spiro atoms. The number of hydrogen-bond acceptors (Lipinski definition) is 7. The summed E-state index contributed by atoms with van der Waals surface area (Å²) in [5, 5.41) is 3.40. The minimum Gasteiger partial charge on any atom is -0.345 e. The number of thiazole rings is 1. The van der Waals surface area contributed by atoms with E-state index in [1.165, 1.54) is 12.1 Å². The van der Waals surface area contributed by atoms with E-state index in [1.54, 1.807) is 37.3 Å². The van der Waals surface area contributed by atoms with E-state index in [0.29, 0.717) is 11.3 Å². The zero-order valence-electron chi connectivity index (χ0n) is 17.8. The van der Waals surface area contributed by atoms with Gasteiger partial charge in [0.2, 0.25) is 0 Å². The Labute approximate surface area is 186 Å². The second kappa shape index (κ2) is 8.57. The van der Waals surface area contributed by atoms with E-state index >= 15 is 0 Å². The van der Waals surface area contributed by atoms with Crippen LogP contribution in [-0.2, 0) is 9.84 Å². The number of likely N-dealkylation sites (N-methyl/N-ethyl adjacent to an activating group) is 1. The van der Waals surface area contributed by atoms with E-state index in [0.717, 1.165) is 41.5 Å². The Morgan fingerprint density at radius 2 is 1.74 bits per heavy atom. The molecule has 9 heteroatoms. The van der Waals surface area contributed by atoms with Gasteiger partial charge in [0.1, 0.15) is 0 Å². The molecule has 1 N–H and O–H groups in total. The summed E-state index contributed by atoms with van der Waals surface area (Å²) < 4.78 is 25.5. The van der Waals surface area contributed by atoms with Crippen LogP contribution in [-0.4, -0.2) is 62.7 Å². The maximum atomic E-state index is 12.6. The van der Waals surface area contributed by atoms with Gasteiger partial charge in [0.25, 0.3) is 5.91 Å². The number of nitrogens with one attached hydrogen (secondary N) is 1. The van der Waals surface area contributed by atoms with Crippen molar-refractivity contribution in [3.05, 3.63) is 48.0 Å². The molecule has 0 aliphatic carbocycles. The number of sulfone groups is 1. The first-order chi connectivity index (χ1) is 14.7. The Kier molecular flexibility index (Phi) is 6.00. The van der Waals surface area contributed by atoms with Crippen LogP contribution in [0.1, 0.15) is 24.2 Å². The number of piperazine rings is 1. The number of nitrogens with zero attached hydrogens (tertiary/aromatic N) is 3. The standard InChI is InChI=1S/C22H26N4O3S2/c1-15(2)31(28,29)18-7-4-16(5-8-18)21(27)23-17-6-9-19-20(14-17)30-22(24-19)26-12-10-25(3)11-13-26/h4-9,14-15H,10-13H2,1-3H3,(H,23,27). The molecule has 31 heavy (non-hydrogen) atoms. The molecule has 0 atom stereocenters. The lowest BCUT2D eigenvalue weighted by atomic mass is 10.2. The van der Waals surface area contributed by atoms with Gasteiger partial charge >= 0.3 is 0 Å². The SMILES string of the molecule is CC(C)S(=O)(=O)c1ccc(C(=O)Nc2ccc3nc(N4CCN(C)CC4)sc3c2)cc1. The molecule has 0 bridgehead atoms. The first-order valence-corrected chi connectivity index (χ1v) is 12.6. The Morgan fingerprint density at radius 3 is 2.39 bits per heavy atom. The van der Waals surface area contributed by atoms with Gasteiger partial charge in [0.15, 0.2) is 15.0 Å². The maximum absolute atomic E-state index is 12.6. The third-order valence-electron chi connectivity index (χ3n) is 5.47. The summed E-state index contributed by atoms with van der Waals surface area (Å²) in [7, 11) is -1.23. The van der Waals surface area contributed by atoms with Gasteiger partial charge in [-0.25, -0.2) is 13.4 Å². The van der Waals surface area contributed by atoms with Crippen LogP contribution in [0.3, 0.4) is 0 Å². The van der Waals surface area contributed by atoms with Crippen molar-refractivity contribution in [3.63, 3.8) is 0 Å². The van der Waals surface area contributed by atoms with Crippen LogP contribution >= 0.6 is 11.3 Å². The molecule has 0 radical (unpaired) electrons. The minimum atomic E-state index is -3.36. The fourth-order valence-electron chi connectivity index (χ4n) is 3.39. The third-order valence-corrected chi connectivity index (χ3v) is 8.72. The van der Waals surface area contributed by atoms with E-state index in [1.807, 2.05) is 18.2 Å². The van der Waals surface area contributed by atoms with Crippen molar-refractivity contribution in [3.8, 4) is 0 Å². The zero-order chi connectivity index (χ0) is 22.2. The normalized spacial score (nSPS) is 15.5. The second-order valence-electron chi connectivity index (χ2n) is 8.04. The van der Waals surface area contributed by atoms with Crippen LogP contribution in [0.5, 0.6) is 0 Å². The lowest BCUT2D eigenvalue weighted by molar-refractivity contribution is 0.102. The van der Waals surface area contributed by atoms with Gasteiger partial charge in [0, 0.05) is 37.4 Å². The first-order valence-electron chi connectivity index (χ1n) is 10.2. The first kappa shape index (κ1) is 21.7. The van der Waals surface area contributed by atoms with Gasteiger partial charge in [-0.15, -0.1) is 0 Å². The van der Waals surface area contributed by atoms with Crippen LogP contribution in [0, 0.1) is 0 Å². The highest BCUT2D eigenvalue weighted by atomic mass is 32.2. The summed E-state index contributed by atoms with van der Waals surface area (Å²) in [5.74, 6) is -0.281. The molecule has 2 heterocycles. The van der Waals surface area contributed by atoms with E-state index in [-0.39, 0.29) is 10.8 Å². The predicted molar refractivity (Wildman–Crippen MR) is 126 cm³/mol. The zero-order valence-corrected chi connectivity index (χ0v) is 19.5. The summed E-state index contributed by atoms with van der Waals surface area (Å²) in [6, 6.07) is 11.7. The van der Waals surface area contributed by atoms with Crippen LogP contribution in [0.25, 0.3) is 10.2 Å². The van der Waals surface area contributed by atoms with E-state index in [4.69, 9.17) is 4.98 Å². The highest BCUT2D eigenvalue weighted by Gasteiger charge is 2.20. The molecule has 0 saturated carbocycles. The Bertz CT molecular complexity index is 1200. The number of rotatable bonds is 5. The number of aromatic nitrogens is 1. The molecule has 1 aliphatic heterocycles. The molecule has 1 amide bonds. The lowest BCUT2D eigenvalue weighted by Gasteiger charge is -2.31. The Morgan fingerprint density at radius 1 is 1.06 bits per heavy atom. The summed E-state index contributed by atoms with van der Waals surface area (Å²) in [6.07, 6.45) is 0. The Balaban J connectivity index is 1.48. The van der Waals surface area contributed by atoms with E-state index in [9.17, 15) is 13.2 Å². The van der Waals surface area contributed by atoms with Gasteiger partial charge in [-0.3, -0.25) is 4.79 Å².